The number of hydrogen-bond donors (Lipinski definition) is 1. The van der Waals surface area contributed by atoms with Crippen molar-refractivity contribution in [2.45, 2.75) is 20.8 Å². The normalized spacial score (nSPS) is 12.1. The first-order valence-corrected chi connectivity index (χ1v) is 7.84. The van der Waals surface area contributed by atoms with Gasteiger partial charge in [0, 0.05) is 17.3 Å². The Hall–Kier alpha value is -2.64. The molecule has 0 aliphatic heterocycles. The van der Waals surface area contributed by atoms with E-state index < -0.39 is 5.41 Å². The third-order valence-corrected chi connectivity index (χ3v) is 3.72. The largest absolute Gasteiger partial charge is 0.324 e. The third-order valence-electron chi connectivity index (χ3n) is 3.42. The number of pyridine rings is 1. The van der Waals surface area contributed by atoms with Gasteiger partial charge in [-0.25, -0.2) is 4.98 Å². The Balaban J connectivity index is 2.51. The van der Waals surface area contributed by atoms with Crippen LogP contribution in [-0.2, 0) is 0 Å². The van der Waals surface area contributed by atoms with Crippen LogP contribution >= 0.6 is 11.6 Å². The number of carbonyl (C=O) groups is 1. The second-order valence-electron chi connectivity index (χ2n) is 6.27. The molecule has 122 valence electrons. The van der Waals surface area contributed by atoms with E-state index in [4.69, 9.17) is 11.6 Å². The molecule has 0 fully saturated rings. The van der Waals surface area contributed by atoms with Crippen LogP contribution in [0.2, 0.25) is 5.15 Å². The van der Waals surface area contributed by atoms with Crippen LogP contribution in [0.3, 0.4) is 0 Å². The van der Waals surface area contributed by atoms with Gasteiger partial charge in [0.2, 0.25) is 0 Å². The van der Waals surface area contributed by atoms with Crippen LogP contribution < -0.4 is 5.32 Å². The quantitative estimate of drug-likeness (QED) is 0.663. The predicted molar refractivity (Wildman–Crippen MR) is 95.1 cm³/mol. The average molecular weight is 340 g/mol. The highest BCUT2D eigenvalue weighted by Gasteiger charge is 2.25. The average Bonchev–Trinajstić information content (AvgIpc) is 2.55. The van der Waals surface area contributed by atoms with Gasteiger partial charge in [0.25, 0.3) is 5.91 Å². The number of allylic oxidation sites excluding steroid dienone is 2. The summed E-state index contributed by atoms with van der Waals surface area (Å²) in [5, 5.41) is 12.6. The maximum Gasteiger partial charge on any atom is 0.258 e. The number of halogens is 1. The molecule has 5 heteroatoms. The number of carbonyl (C=O) groups excluding carboxylic acids is 1. The molecule has 1 N–H and O–H groups in total. The molecule has 1 aromatic heterocycles. The summed E-state index contributed by atoms with van der Waals surface area (Å²) in [4.78, 5) is 16.5. The van der Waals surface area contributed by atoms with Crippen molar-refractivity contribution >= 4 is 23.1 Å². The molecule has 24 heavy (non-hydrogen) atoms. The highest BCUT2D eigenvalue weighted by atomic mass is 35.5. The maximum absolute atomic E-state index is 12.6. The number of benzene rings is 1. The van der Waals surface area contributed by atoms with Crippen LogP contribution in [0.1, 0.15) is 36.7 Å². The Bertz CT molecular complexity index is 814. The first-order chi connectivity index (χ1) is 11.3. The standard InChI is InChI=1S/C19H18ClN3O/c1-19(2,3)16(15(12-21)13-8-5-4-6-9-13)23-18(24)14-10-7-11-22-17(14)20/h4-11H,1-3H3,(H,23,24). The van der Waals surface area contributed by atoms with Gasteiger partial charge >= 0.3 is 0 Å². The Morgan fingerprint density at radius 1 is 1.17 bits per heavy atom. The summed E-state index contributed by atoms with van der Waals surface area (Å²) >= 11 is 5.99. The van der Waals surface area contributed by atoms with Crippen LogP contribution in [0.5, 0.6) is 0 Å². The van der Waals surface area contributed by atoms with Crippen molar-refractivity contribution < 1.29 is 4.79 Å². The minimum atomic E-state index is -0.439. The molecule has 0 radical (unpaired) electrons. The number of nitrogens with one attached hydrogen (secondary N) is 1. The smallest absolute Gasteiger partial charge is 0.258 e. The fourth-order valence-electron chi connectivity index (χ4n) is 2.23. The lowest BCUT2D eigenvalue weighted by Gasteiger charge is -2.25. The second kappa shape index (κ2) is 7.29. The molecule has 1 heterocycles. The zero-order valence-corrected chi connectivity index (χ0v) is 14.6. The molecule has 0 bridgehead atoms. The zero-order valence-electron chi connectivity index (χ0n) is 13.8. The summed E-state index contributed by atoms with van der Waals surface area (Å²) in [5.74, 6) is -0.387. The molecule has 2 rings (SSSR count). The number of hydrogen-bond acceptors (Lipinski definition) is 3. The summed E-state index contributed by atoms with van der Waals surface area (Å²) in [7, 11) is 0. The lowest BCUT2D eigenvalue weighted by molar-refractivity contribution is 0.0958. The van der Waals surface area contributed by atoms with Gasteiger partial charge < -0.3 is 5.32 Å². The number of amides is 1. The molecule has 0 atom stereocenters. The molecular formula is C19H18ClN3O. The fourth-order valence-corrected chi connectivity index (χ4v) is 2.44. The summed E-state index contributed by atoms with van der Waals surface area (Å²) in [5.41, 5.74) is 1.55. The van der Waals surface area contributed by atoms with Gasteiger partial charge in [-0.2, -0.15) is 5.26 Å². The fraction of sp³-hybridized carbons (Fsp3) is 0.211. The van der Waals surface area contributed by atoms with Gasteiger partial charge in [-0.05, 0) is 17.7 Å². The van der Waals surface area contributed by atoms with E-state index in [2.05, 4.69) is 16.4 Å². The van der Waals surface area contributed by atoms with Gasteiger partial charge in [0.15, 0.2) is 0 Å². The number of nitrogens with zero attached hydrogens (tertiary/aromatic N) is 2. The molecule has 1 amide bonds. The molecule has 2 aromatic rings. The van der Waals surface area contributed by atoms with Crippen molar-refractivity contribution in [1.29, 1.82) is 5.26 Å². The van der Waals surface area contributed by atoms with Crippen LogP contribution in [0.25, 0.3) is 5.57 Å². The monoisotopic (exact) mass is 339 g/mol. The lowest BCUT2D eigenvalue weighted by Crippen LogP contribution is -2.31. The molecule has 0 aliphatic rings. The van der Waals surface area contributed by atoms with Crippen molar-refractivity contribution in [3.05, 3.63) is 70.6 Å². The highest BCUT2D eigenvalue weighted by Crippen LogP contribution is 2.31. The highest BCUT2D eigenvalue weighted by molar-refractivity contribution is 6.32. The molecule has 0 unspecified atom stereocenters. The predicted octanol–water partition coefficient (Wildman–Crippen LogP) is 4.45. The van der Waals surface area contributed by atoms with E-state index in [1.807, 2.05) is 51.1 Å². The Kier molecular flexibility index (Phi) is 5.38. The summed E-state index contributed by atoms with van der Waals surface area (Å²) in [6.45, 7) is 5.81. The lowest BCUT2D eigenvalue weighted by atomic mass is 9.86. The van der Waals surface area contributed by atoms with Crippen molar-refractivity contribution in [3.8, 4) is 6.07 Å². The first-order valence-electron chi connectivity index (χ1n) is 7.46. The molecule has 4 nitrogen and oxygen atoms in total. The van der Waals surface area contributed by atoms with E-state index in [9.17, 15) is 10.1 Å². The van der Waals surface area contributed by atoms with Crippen molar-refractivity contribution in [2.75, 3.05) is 0 Å². The van der Waals surface area contributed by atoms with Gasteiger partial charge in [-0.1, -0.05) is 62.7 Å². The van der Waals surface area contributed by atoms with Crippen molar-refractivity contribution in [1.82, 2.24) is 10.3 Å². The van der Waals surface area contributed by atoms with E-state index in [-0.39, 0.29) is 16.6 Å². The zero-order chi connectivity index (χ0) is 17.7. The minimum Gasteiger partial charge on any atom is -0.324 e. The summed E-state index contributed by atoms with van der Waals surface area (Å²) in [6, 6.07) is 14.7. The number of aromatic nitrogens is 1. The molecule has 0 spiro atoms. The SMILES string of the molecule is CC(C)(C)C(NC(=O)c1cccnc1Cl)=C(C#N)c1ccccc1. The molecule has 0 saturated heterocycles. The summed E-state index contributed by atoms with van der Waals surface area (Å²) < 4.78 is 0. The molecule has 1 aromatic carbocycles. The minimum absolute atomic E-state index is 0.126. The van der Waals surface area contributed by atoms with E-state index in [0.717, 1.165) is 5.56 Å². The van der Waals surface area contributed by atoms with Crippen molar-refractivity contribution in [2.24, 2.45) is 5.41 Å². The Labute approximate surface area is 146 Å². The number of rotatable bonds is 3. The van der Waals surface area contributed by atoms with Gasteiger partial charge in [-0.3, -0.25) is 4.79 Å². The van der Waals surface area contributed by atoms with E-state index in [0.29, 0.717) is 11.3 Å². The number of nitriles is 1. The summed E-state index contributed by atoms with van der Waals surface area (Å²) in [6.07, 6.45) is 1.52. The van der Waals surface area contributed by atoms with E-state index >= 15 is 0 Å². The Morgan fingerprint density at radius 3 is 2.38 bits per heavy atom. The Morgan fingerprint density at radius 2 is 1.83 bits per heavy atom. The molecule has 0 aliphatic carbocycles. The van der Waals surface area contributed by atoms with E-state index in [1.54, 1.807) is 12.1 Å². The third kappa shape index (κ3) is 4.01. The van der Waals surface area contributed by atoms with Crippen molar-refractivity contribution in [3.63, 3.8) is 0 Å². The molecular weight excluding hydrogens is 322 g/mol. The van der Waals surface area contributed by atoms with Gasteiger partial charge in [0.05, 0.1) is 11.1 Å². The van der Waals surface area contributed by atoms with Gasteiger partial charge in [-0.15, -0.1) is 0 Å². The van der Waals surface area contributed by atoms with Crippen LogP contribution in [-0.4, -0.2) is 10.9 Å². The second-order valence-corrected chi connectivity index (χ2v) is 6.63. The van der Waals surface area contributed by atoms with Crippen LogP contribution in [0, 0.1) is 16.7 Å². The van der Waals surface area contributed by atoms with E-state index in [1.165, 1.54) is 6.20 Å². The van der Waals surface area contributed by atoms with Crippen LogP contribution in [0.4, 0.5) is 0 Å². The van der Waals surface area contributed by atoms with Gasteiger partial charge in [0.1, 0.15) is 11.2 Å². The topological polar surface area (TPSA) is 65.8 Å². The van der Waals surface area contributed by atoms with Crippen LogP contribution in [0.15, 0.2) is 54.4 Å². The molecule has 0 saturated carbocycles. The maximum atomic E-state index is 12.6. The first kappa shape index (κ1) is 17.7.